The van der Waals surface area contributed by atoms with Crippen molar-refractivity contribution >= 4 is 11.3 Å². The number of nitrogens with zero attached hydrogens (tertiary/aromatic N) is 2. The van der Waals surface area contributed by atoms with Gasteiger partial charge in [0.2, 0.25) is 5.88 Å². The summed E-state index contributed by atoms with van der Waals surface area (Å²) in [4.78, 5) is 5.37. The van der Waals surface area contributed by atoms with Crippen molar-refractivity contribution in [2.75, 3.05) is 0 Å². The molecule has 0 bridgehead atoms. The second-order valence-electron chi connectivity index (χ2n) is 5.08. The Balaban J connectivity index is 1.73. The minimum atomic E-state index is -0.233. The summed E-state index contributed by atoms with van der Waals surface area (Å²) in [5, 5.41) is 20.2. The van der Waals surface area contributed by atoms with Crippen LogP contribution in [0.5, 0.6) is 11.6 Å². The molecule has 0 saturated heterocycles. The lowest BCUT2D eigenvalue weighted by Crippen LogP contribution is -1.88. The van der Waals surface area contributed by atoms with Crippen LogP contribution in [-0.4, -0.2) is 19.8 Å². The average molecular weight is 318 g/mol. The Kier molecular flexibility index (Phi) is 3.85. The zero-order chi connectivity index (χ0) is 15.7. The van der Waals surface area contributed by atoms with Gasteiger partial charge >= 0.3 is 0 Å². The molecule has 4 nitrogen and oxygen atoms in total. The standard InChI is InChI=1S/C16H15FN2O2S/c1-19-9-13(14(20)16(19)21)15-18-8-12(22-15)7-4-10-2-5-11(17)6-3-10/h2-3,5-6,8-9,20-21H,4,7H2,1H3. The summed E-state index contributed by atoms with van der Waals surface area (Å²) < 4.78 is 14.3. The Morgan fingerprint density at radius 3 is 2.55 bits per heavy atom. The van der Waals surface area contributed by atoms with Gasteiger partial charge in [0.05, 0.1) is 5.56 Å². The van der Waals surface area contributed by atoms with E-state index in [0.717, 1.165) is 23.3 Å². The van der Waals surface area contributed by atoms with E-state index in [9.17, 15) is 14.6 Å². The molecule has 0 spiro atoms. The maximum atomic E-state index is 12.9. The van der Waals surface area contributed by atoms with Gasteiger partial charge in [-0.15, -0.1) is 11.3 Å². The lowest BCUT2D eigenvalue weighted by Gasteiger charge is -1.99. The molecular formula is C16H15FN2O2S. The summed E-state index contributed by atoms with van der Waals surface area (Å²) in [5.41, 5.74) is 1.59. The van der Waals surface area contributed by atoms with E-state index in [1.54, 1.807) is 31.6 Å². The molecule has 6 heteroatoms. The number of benzene rings is 1. The zero-order valence-electron chi connectivity index (χ0n) is 12.0. The third-order valence-electron chi connectivity index (χ3n) is 3.48. The Morgan fingerprint density at radius 1 is 1.18 bits per heavy atom. The Hall–Kier alpha value is -2.34. The average Bonchev–Trinajstić information content (AvgIpc) is 3.07. The van der Waals surface area contributed by atoms with Crippen molar-refractivity contribution in [3.05, 3.63) is 52.9 Å². The first kappa shape index (κ1) is 14.6. The molecule has 0 saturated carbocycles. The Morgan fingerprint density at radius 2 is 1.91 bits per heavy atom. The maximum Gasteiger partial charge on any atom is 0.235 e. The highest BCUT2D eigenvalue weighted by Crippen LogP contribution is 2.39. The normalized spacial score (nSPS) is 11.0. The highest BCUT2D eigenvalue weighted by atomic mass is 32.1. The lowest BCUT2D eigenvalue weighted by molar-refractivity contribution is 0.381. The fraction of sp³-hybridized carbons (Fsp3) is 0.188. The van der Waals surface area contributed by atoms with Crippen LogP contribution >= 0.6 is 11.3 Å². The number of aromatic hydroxyl groups is 2. The smallest absolute Gasteiger partial charge is 0.235 e. The number of thiazole rings is 1. The first-order valence-electron chi connectivity index (χ1n) is 6.81. The maximum absolute atomic E-state index is 12.9. The summed E-state index contributed by atoms with van der Waals surface area (Å²) in [6.45, 7) is 0. The van der Waals surface area contributed by atoms with E-state index >= 15 is 0 Å². The van der Waals surface area contributed by atoms with Gasteiger partial charge in [0.15, 0.2) is 5.75 Å². The van der Waals surface area contributed by atoms with Crippen LogP contribution in [0.3, 0.4) is 0 Å². The molecule has 0 aliphatic carbocycles. The van der Waals surface area contributed by atoms with Crippen LogP contribution in [0.4, 0.5) is 4.39 Å². The quantitative estimate of drug-likeness (QED) is 0.774. The second-order valence-corrected chi connectivity index (χ2v) is 6.20. The van der Waals surface area contributed by atoms with Gasteiger partial charge in [0, 0.05) is 24.3 Å². The van der Waals surface area contributed by atoms with Crippen molar-refractivity contribution in [1.82, 2.24) is 9.55 Å². The molecule has 3 rings (SSSR count). The summed E-state index contributed by atoms with van der Waals surface area (Å²) in [6.07, 6.45) is 5.01. The van der Waals surface area contributed by atoms with Gasteiger partial charge < -0.3 is 14.8 Å². The van der Waals surface area contributed by atoms with Gasteiger partial charge in [-0.25, -0.2) is 9.37 Å². The first-order valence-corrected chi connectivity index (χ1v) is 7.63. The second kappa shape index (κ2) is 5.81. The van der Waals surface area contributed by atoms with E-state index < -0.39 is 0 Å². The van der Waals surface area contributed by atoms with E-state index in [1.165, 1.54) is 28.0 Å². The summed E-state index contributed by atoms with van der Waals surface area (Å²) >= 11 is 1.47. The van der Waals surface area contributed by atoms with Crippen molar-refractivity contribution in [3.63, 3.8) is 0 Å². The molecule has 2 N–H and O–H groups in total. The van der Waals surface area contributed by atoms with Gasteiger partial charge in [-0.3, -0.25) is 0 Å². The summed E-state index contributed by atoms with van der Waals surface area (Å²) in [5.74, 6) is -0.553. The van der Waals surface area contributed by atoms with E-state index in [1.807, 2.05) is 0 Å². The van der Waals surface area contributed by atoms with Crippen LogP contribution in [0.25, 0.3) is 10.6 Å². The molecule has 0 unspecified atom stereocenters. The topological polar surface area (TPSA) is 58.3 Å². The summed E-state index contributed by atoms with van der Waals surface area (Å²) in [6, 6.07) is 6.47. The van der Waals surface area contributed by atoms with Crippen LogP contribution in [0.1, 0.15) is 10.4 Å². The third kappa shape index (κ3) is 2.82. The molecule has 2 heterocycles. The van der Waals surface area contributed by atoms with Crippen LogP contribution in [-0.2, 0) is 19.9 Å². The largest absolute Gasteiger partial charge is 0.503 e. The van der Waals surface area contributed by atoms with Gasteiger partial charge in [0.1, 0.15) is 10.8 Å². The van der Waals surface area contributed by atoms with Gasteiger partial charge in [-0.1, -0.05) is 12.1 Å². The Bertz CT molecular complexity index is 793. The Labute approximate surface area is 131 Å². The van der Waals surface area contributed by atoms with Crippen molar-refractivity contribution in [3.8, 4) is 22.2 Å². The summed E-state index contributed by atoms with van der Waals surface area (Å²) in [7, 11) is 1.65. The molecule has 0 aliphatic heterocycles. The number of hydrogen-bond donors (Lipinski definition) is 2. The van der Waals surface area contributed by atoms with Crippen molar-refractivity contribution in [2.45, 2.75) is 12.8 Å². The van der Waals surface area contributed by atoms with E-state index in [2.05, 4.69) is 4.98 Å². The number of aromatic nitrogens is 2. The minimum Gasteiger partial charge on any atom is -0.503 e. The van der Waals surface area contributed by atoms with Gasteiger partial charge in [-0.2, -0.15) is 0 Å². The van der Waals surface area contributed by atoms with Crippen molar-refractivity contribution in [2.24, 2.45) is 7.05 Å². The SMILES string of the molecule is Cn1cc(-c2ncc(CCc3ccc(F)cc3)s2)c(O)c1O. The fourth-order valence-corrected chi connectivity index (χ4v) is 3.15. The molecule has 2 aromatic heterocycles. The third-order valence-corrected chi connectivity index (χ3v) is 4.57. The van der Waals surface area contributed by atoms with Gasteiger partial charge in [0.25, 0.3) is 0 Å². The van der Waals surface area contributed by atoms with Crippen LogP contribution in [0.15, 0.2) is 36.7 Å². The molecule has 3 aromatic rings. The monoisotopic (exact) mass is 318 g/mol. The predicted molar refractivity (Wildman–Crippen MR) is 83.7 cm³/mol. The van der Waals surface area contributed by atoms with Crippen LogP contribution < -0.4 is 0 Å². The van der Waals surface area contributed by atoms with Crippen molar-refractivity contribution in [1.29, 1.82) is 0 Å². The number of hydrogen-bond acceptors (Lipinski definition) is 4. The highest BCUT2D eigenvalue weighted by molar-refractivity contribution is 7.15. The molecule has 1 aromatic carbocycles. The van der Waals surface area contributed by atoms with E-state index in [0.29, 0.717) is 10.6 Å². The molecule has 0 amide bonds. The molecule has 0 aliphatic rings. The number of rotatable bonds is 4. The molecule has 22 heavy (non-hydrogen) atoms. The first-order chi connectivity index (χ1) is 10.5. The fourth-order valence-electron chi connectivity index (χ4n) is 2.23. The molecule has 0 radical (unpaired) electrons. The zero-order valence-corrected chi connectivity index (χ0v) is 12.8. The van der Waals surface area contributed by atoms with E-state index in [-0.39, 0.29) is 17.4 Å². The predicted octanol–water partition coefficient (Wildman–Crippen LogP) is 3.48. The number of halogens is 1. The van der Waals surface area contributed by atoms with E-state index in [4.69, 9.17) is 0 Å². The molecule has 0 fully saturated rings. The van der Waals surface area contributed by atoms with Gasteiger partial charge in [-0.05, 0) is 30.5 Å². The number of aryl methyl sites for hydroxylation is 3. The molecule has 114 valence electrons. The van der Waals surface area contributed by atoms with Crippen molar-refractivity contribution < 1.29 is 14.6 Å². The van der Waals surface area contributed by atoms with Crippen LogP contribution in [0, 0.1) is 5.82 Å². The van der Waals surface area contributed by atoms with Crippen LogP contribution in [0.2, 0.25) is 0 Å². The highest BCUT2D eigenvalue weighted by Gasteiger charge is 2.16. The molecule has 0 atom stereocenters. The minimum absolute atomic E-state index is 0.151. The molecular weight excluding hydrogens is 303 g/mol. The lowest BCUT2D eigenvalue weighted by atomic mass is 10.1.